The third kappa shape index (κ3) is 2.54. The third-order valence-electron chi connectivity index (χ3n) is 3.62. The highest BCUT2D eigenvalue weighted by atomic mass is 16.4. The maximum atomic E-state index is 11.8. The molecule has 1 aliphatic rings. The second kappa shape index (κ2) is 5.14. The van der Waals surface area contributed by atoms with Crippen molar-refractivity contribution in [3.63, 3.8) is 0 Å². The number of aliphatic hydroxyl groups excluding tert-OH is 1. The van der Waals surface area contributed by atoms with Gasteiger partial charge in [-0.3, -0.25) is 4.57 Å². The summed E-state index contributed by atoms with van der Waals surface area (Å²) in [5.74, 6) is -0.356. The average Bonchev–Trinajstić information content (AvgIpc) is 2.74. The lowest BCUT2D eigenvalue weighted by Gasteiger charge is -2.29. The minimum Gasteiger partial charge on any atom is -0.406 e. The van der Waals surface area contributed by atoms with E-state index in [-0.39, 0.29) is 11.9 Å². The molecule has 0 atom stereocenters. The summed E-state index contributed by atoms with van der Waals surface area (Å²) in [6.07, 6.45) is 3.10. The number of aliphatic hydroxyl groups is 1. The minimum absolute atomic E-state index is 0.171. The van der Waals surface area contributed by atoms with Crippen LogP contribution in [0.15, 0.2) is 27.5 Å². The lowest BCUT2D eigenvalue weighted by Crippen LogP contribution is -2.38. The van der Waals surface area contributed by atoms with Crippen molar-refractivity contribution in [2.45, 2.75) is 25.5 Å². The van der Waals surface area contributed by atoms with Crippen LogP contribution in [0.3, 0.4) is 0 Å². The van der Waals surface area contributed by atoms with Crippen LogP contribution in [-0.2, 0) is 6.54 Å². The molecule has 0 bridgehead atoms. The Labute approximate surface area is 110 Å². The van der Waals surface area contributed by atoms with Gasteiger partial charge in [-0.2, -0.15) is 0 Å². The molecule has 0 radical (unpaired) electrons. The van der Waals surface area contributed by atoms with E-state index in [1.54, 1.807) is 22.9 Å². The first kappa shape index (κ1) is 12.4. The van der Waals surface area contributed by atoms with E-state index in [1.807, 2.05) is 0 Å². The Bertz CT molecular complexity index is 611. The normalized spacial score (nSPS) is 18.2. The first-order valence-corrected chi connectivity index (χ1v) is 6.59. The van der Waals surface area contributed by atoms with E-state index in [0.717, 1.165) is 32.5 Å². The number of hydrogen-bond acceptors (Lipinski definition) is 5. The van der Waals surface area contributed by atoms with Gasteiger partial charge >= 0.3 is 5.76 Å². The Morgan fingerprint density at radius 1 is 1.37 bits per heavy atom. The van der Waals surface area contributed by atoms with Gasteiger partial charge in [-0.15, -0.1) is 0 Å². The molecule has 2 aromatic rings. The van der Waals surface area contributed by atoms with Crippen molar-refractivity contribution in [2.75, 3.05) is 19.6 Å². The van der Waals surface area contributed by atoms with Crippen molar-refractivity contribution in [1.29, 1.82) is 0 Å². The van der Waals surface area contributed by atoms with Crippen molar-refractivity contribution in [3.05, 3.63) is 28.9 Å². The highest BCUT2D eigenvalue weighted by Gasteiger charge is 2.17. The SMILES string of the molecule is O=c1oc2cccnc2n1CCN1CCC(O)CC1. The monoisotopic (exact) mass is 263 g/mol. The second-order valence-electron chi connectivity index (χ2n) is 4.92. The Kier molecular flexibility index (Phi) is 3.35. The summed E-state index contributed by atoms with van der Waals surface area (Å²) in [6, 6.07) is 3.50. The number of pyridine rings is 1. The van der Waals surface area contributed by atoms with Crippen LogP contribution in [0.2, 0.25) is 0 Å². The second-order valence-corrected chi connectivity index (χ2v) is 4.92. The Morgan fingerprint density at radius 3 is 2.95 bits per heavy atom. The quantitative estimate of drug-likeness (QED) is 0.870. The molecule has 0 unspecified atom stereocenters. The molecular weight excluding hydrogens is 246 g/mol. The van der Waals surface area contributed by atoms with Crippen LogP contribution in [0.5, 0.6) is 0 Å². The zero-order chi connectivity index (χ0) is 13.2. The van der Waals surface area contributed by atoms with E-state index >= 15 is 0 Å². The Balaban J connectivity index is 1.72. The average molecular weight is 263 g/mol. The van der Waals surface area contributed by atoms with Crippen LogP contribution in [0.1, 0.15) is 12.8 Å². The third-order valence-corrected chi connectivity index (χ3v) is 3.62. The lowest BCUT2D eigenvalue weighted by atomic mass is 10.1. The van der Waals surface area contributed by atoms with E-state index < -0.39 is 0 Å². The first-order chi connectivity index (χ1) is 9.24. The van der Waals surface area contributed by atoms with Crippen LogP contribution in [0, 0.1) is 0 Å². The van der Waals surface area contributed by atoms with Gasteiger partial charge in [-0.05, 0) is 25.0 Å². The summed E-state index contributed by atoms with van der Waals surface area (Å²) >= 11 is 0. The van der Waals surface area contributed by atoms with Crippen molar-refractivity contribution < 1.29 is 9.52 Å². The lowest BCUT2D eigenvalue weighted by molar-refractivity contribution is 0.0808. The summed E-state index contributed by atoms with van der Waals surface area (Å²) < 4.78 is 6.71. The van der Waals surface area contributed by atoms with Gasteiger partial charge in [-0.25, -0.2) is 9.78 Å². The van der Waals surface area contributed by atoms with Crippen molar-refractivity contribution >= 4 is 11.2 Å². The maximum Gasteiger partial charge on any atom is 0.421 e. The molecule has 1 aliphatic heterocycles. The molecule has 0 saturated carbocycles. The maximum absolute atomic E-state index is 11.8. The number of fused-ring (bicyclic) bond motifs is 1. The fourth-order valence-corrected chi connectivity index (χ4v) is 2.48. The van der Waals surface area contributed by atoms with Gasteiger partial charge < -0.3 is 14.4 Å². The van der Waals surface area contributed by atoms with Gasteiger partial charge in [0.25, 0.3) is 0 Å². The molecule has 6 nitrogen and oxygen atoms in total. The summed E-state index contributed by atoms with van der Waals surface area (Å²) in [4.78, 5) is 18.2. The van der Waals surface area contributed by atoms with E-state index in [9.17, 15) is 9.90 Å². The van der Waals surface area contributed by atoms with Crippen LogP contribution >= 0.6 is 0 Å². The van der Waals surface area contributed by atoms with Crippen molar-refractivity contribution in [3.8, 4) is 0 Å². The smallest absolute Gasteiger partial charge is 0.406 e. The molecule has 0 aliphatic carbocycles. The van der Waals surface area contributed by atoms with Crippen molar-refractivity contribution in [1.82, 2.24) is 14.5 Å². The fourth-order valence-electron chi connectivity index (χ4n) is 2.48. The highest BCUT2D eigenvalue weighted by Crippen LogP contribution is 2.11. The van der Waals surface area contributed by atoms with Crippen LogP contribution in [0.4, 0.5) is 0 Å². The van der Waals surface area contributed by atoms with E-state index in [4.69, 9.17) is 4.42 Å². The first-order valence-electron chi connectivity index (χ1n) is 6.59. The van der Waals surface area contributed by atoms with Crippen molar-refractivity contribution in [2.24, 2.45) is 0 Å². The van der Waals surface area contributed by atoms with Gasteiger partial charge in [-0.1, -0.05) is 0 Å². The predicted octanol–water partition coefficient (Wildman–Crippen LogP) is 0.446. The zero-order valence-corrected chi connectivity index (χ0v) is 10.7. The summed E-state index contributed by atoms with van der Waals surface area (Å²) in [5.41, 5.74) is 1.13. The molecule has 1 N–H and O–H groups in total. The number of aromatic nitrogens is 2. The standard InChI is InChI=1S/C13H17N3O3/c17-10-3-6-15(7-4-10)8-9-16-12-11(19-13(16)18)2-1-5-14-12/h1-2,5,10,17H,3-4,6-9H2. The molecule has 2 aromatic heterocycles. The van der Waals surface area contributed by atoms with E-state index in [0.29, 0.717) is 17.8 Å². The molecule has 6 heteroatoms. The zero-order valence-electron chi connectivity index (χ0n) is 10.7. The van der Waals surface area contributed by atoms with Gasteiger partial charge in [0.15, 0.2) is 11.2 Å². The topological polar surface area (TPSA) is 71.5 Å². The molecular formula is C13H17N3O3. The number of oxazole rings is 1. The van der Waals surface area contributed by atoms with E-state index in [1.165, 1.54) is 0 Å². The van der Waals surface area contributed by atoms with Gasteiger partial charge in [0, 0.05) is 32.4 Å². The molecule has 19 heavy (non-hydrogen) atoms. The predicted molar refractivity (Wildman–Crippen MR) is 69.9 cm³/mol. The largest absolute Gasteiger partial charge is 0.421 e. The van der Waals surface area contributed by atoms with Crippen LogP contribution < -0.4 is 5.76 Å². The van der Waals surface area contributed by atoms with E-state index in [2.05, 4.69) is 9.88 Å². The van der Waals surface area contributed by atoms with Gasteiger partial charge in [0.05, 0.1) is 6.10 Å². The Morgan fingerprint density at radius 2 is 2.16 bits per heavy atom. The summed E-state index contributed by atoms with van der Waals surface area (Å²) in [7, 11) is 0. The number of rotatable bonds is 3. The summed E-state index contributed by atoms with van der Waals surface area (Å²) in [5, 5.41) is 9.46. The molecule has 0 spiro atoms. The van der Waals surface area contributed by atoms with Gasteiger partial charge in [0.1, 0.15) is 0 Å². The highest BCUT2D eigenvalue weighted by molar-refractivity contribution is 5.67. The number of nitrogens with zero attached hydrogens (tertiary/aromatic N) is 3. The van der Waals surface area contributed by atoms with Crippen LogP contribution in [-0.4, -0.2) is 45.3 Å². The molecule has 102 valence electrons. The fraction of sp³-hybridized carbons (Fsp3) is 0.538. The molecule has 0 aromatic carbocycles. The van der Waals surface area contributed by atoms with Crippen LogP contribution in [0.25, 0.3) is 11.2 Å². The molecule has 1 saturated heterocycles. The minimum atomic E-state index is -0.356. The molecule has 3 heterocycles. The number of likely N-dealkylation sites (tertiary alicyclic amines) is 1. The number of piperidine rings is 1. The number of hydrogen-bond donors (Lipinski definition) is 1. The molecule has 0 amide bonds. The Hall–Kier alpha value is -1.66. The van der Waals surface area contributed by atoms with Gasteiger partial charge in [0.2, 0.25) is 0 Å². The molecule has 1 fully saturated rings. The summed E-state index contributed by atoms with van der Waals surface area (Å²) in [6.45, 7) is 3.09. The molecule has 3 rings (SSSR count).